The lowest BCUT2D eigenvalue weighted by molar-refractivity contribution is -0.123. The quantitative estimate of drug-likeness (QED) is 0.381. The van der Waals surface area contributed by atoms with Gasteiger partial charge in [-0.2, -0.15) is 5.10 Å². The Balaban J connectivity index is 1.89. The maximum atomic E-state index is 11.8. The van der Waals surface area contributed by atoms with Crippen molar-refractivity contribution in [2.45, 2.75) is 26.2 Å². The van der Waals surface area contributed by atoms with E-state index in [1.165, 1.54) is 17.8 Å². The molecule has 1 amide bonds. The van der Waals surface area contributed by atoms with Crippen LogP contribution < -0.4 is 10.2 Å². The van der Waals surface area contributed by atoms with Gasteiger partial charge < -0.3 is 14.9 Å². The molecule has 0 aliphatic heterocycles. The molecule has 0 unspecified atom stereocenters. The van der Waals surface area contributed by atoms with Crippen molar-refractivity contribution in [1.82, 2.24) is 5.43 Å². The highest BCUT2D eigenvalue weighted by Gasteiger charge is 2.13. The van der Waals surface area contributed by atoms with Crippen LogP contribution in [-0.2, 0) is 4.79 Å². The van der Waals surface area contributed by atoms with E-state index in [4.69, 9.17) is 4.74 Å². The summed E-state index contributed by atoms with van der Waals surface area (Å²) in [7, 11) is 0. The van der Waals surface area contributed by atoms with Gasteiger partial charge in [-0.3, -0.25) is 4.79 Å². The molecule has 0 fully saturated rings. The van der Waals surface area contributed by atoms with Crippen LogP contribution in [0.15, 0.2) is 44.4 Å². The van der Waals surface area contributed by atoms with Crippen LogP contribution in [0.4, 0.5) is 0 Å². The van der Waals surface area contributed by atoms with E-state index >= 15 is 0 Å². The molecule has 6 nitrogen and oxygen atoms in total. The summed E-state index contributed by atoms with van der Waals surface area (Å²) in [6.45, 7) is 4.11. The van der Waals surface area contributed by atoms with Crippen molar-refractivity contribution in [3.63, 3.8) is 0 Å². The molecule has 27 heavy (non-hydrogen) atoms. The van der Waals surface area contributed by atoms with E-state index < -0.39 is 5.91 Å². The number of nitrogens with zero attached hydrogens (tertiary/aromatic N) is 1. The predicted octanol–water partition coefficient (Wildman–Crippen LogP) is 4.67. The van der Waals surface area contributed by atoms with E-state index in [0.29, 0.717) is 21.7 Å². The number of halogens is 2. The summed E-state index contributed by atoms with van der Waals surface area (Å²) < 4.78 is 5.95. The Hall–Kier alpha value is -2.06. The first-order chi connectivity index (χ1) is 12.8. The fourth-order valence-corrected chi connectivity index (χ4v) is 3.35. The van der Waals surface area contributed by atoms with Gasteiger partial charge in [-0.25, -0.2) is 5.43 Å². The van der Waals surface area contributed by atoms with Gasteiger partial charge in [0.25, 0.3) is 5.91 Å². The number of phenolic OH excluding ortho intramolecular Hbond substituents is 2. The second kappa shape index (κ2) is 9.75. The second-order valence-electron chi connectivity index (χ2n) is 5.92. The summed E-state index contributed by atoms with van der Waals surface area (Å²) in [6.07, 6.45) is 2.33. The maximum absolute atomic E-state index is 11.8. The number of amides is 1. The van der Waals surface area contributed by atoms with Crippen LogP contribution in [0.3, 0.4) is 0 Å². The molecule has 0 heterocycles. The topological polar surface area (TPSA) is 91.2 Å². The molecule has 0 bridgehead atoms. The van der Waals surface area contributed by atoms with Gasteiger partial charge in [-0.05, 0) is 68.0 Å². The molecular weight excluding hydrogens is 480 g/mol. The van der Waals surface area contributed by atoms with Crippen LogP contribution >= 0.6 is 31.9 Å². The summed E-state index contributed by atoms with van der Waals surface area (Å²) in [5.74, 6) is 0.333. The van der Waals surface area contributed by atoms with E-state index in [1.54, 1.807) is 0 Å². The van der Waals surface area contributed by atoms with Crippen molar-refractivity contribution in [3.8, 4) is 17.2 Å². The standard InChI is InChI=1S/C19H20Br2N2O4/c1-3-11(2)12-4-6-14(7-5-12)27-10-16(24)23-22-9-13-8-15(20)19(26)17(21)18(13)25/h4-9,11,25-26H,3,10H2,1-2H3,(H,23,24)/b22-9+/t11-/m0/s1. The zero-order valence-electron chi connectivity index (χ0n) is 14.9. The van der Waals surface area contributed by atoms with Crippen LogP contribution in [0.2, 0.25) is 0 Å². The van der Waals surface area contributed by atoms with Crippen molar-refractivity contribution in [2.75, 3.05) is 6.61 Å². The van der Waals surface area contributed by atoms with Crippen molar-refractivity contribution < 1.29 is 19.7 Å². The molecule has 0 aliphatic carbocycles. The number of carbonyl (C=O) groups excluding carboxylic acids is 1. The largest absolute Gasteiger partial charge is 0.506 e. The van der Waals surface area contributed by atoms with Crippen LogP contribution in [0.1, 0.15) is 37.3 Å². The molecule has 2 rings (SSSR count). The minimum atomic E-state index is -0.436. The minimum absolute atomic E-state index is 0.124. The highest BCUT2D eigenvalue weighted by Crippen LogP contribution is 2.40. The molecule has 0 aromatic heterocycles. The van der Waals surface area contributed by atoms with Gasteiger partial charge in [0.1, 0.15) is 21.7 Å². The Morgan fingerprint density at radius 3 is 2.56 bits per heavy atom. The van der Waals surface area contributed by atoms with Crippen LogP contribution in [0.25, 0.3) is 0 Å². The molecule has 144 valence electrons. The van der Waals surface area contributed by atoms with Gasteiger partial charge >= 0.3 is 0 Å². The molecule has 0 spiro atoms. The van der Waals surface area contributed by atoms with Crippen molar-refractivity contribution in [1.29, 1.82) is 0 Å². The highest BCUT2D eigenvalue weighted by atomic mass is 79.9. The Morgan fingerprint density at radius 1 is 1.26 bits per heavy atom. The van der Waals surface area contributed by atoms with E-state index in [1.807, 2.05) is 24.3 Å². The Morgan fingerprint density at radius 2 is 1.93 bits per heavy atom. The molecular formula is C19H20Br2N2O4. The molecule has 3 N–H and O–H groups in total. The summed E-state index contributed by atoms with van der Waals surface area (Å²) in [4.78, 5) is 11.8. The number of hydrogen-bond donors (Lipinski definition) is 3. The maximum Gasteiger partial charge on any atom is 0.277 e. The van der Waals surface area contributed by atoms with Crippen molar-refractivity contribution in [2.24, 2.45) is 5.10 Å². The average Bonchev–Trinajstić information content (AvgIpc) is 2.68. The van der Waals surface area contributed by atoms with Gasteiger partial charge in [0.15, 0.2) is 6.61 Å². The van der Waals surface area contributed by atoms with E-state index in [9.17, 15) is 15.0 Å². The third kappa shape index (κ3) is 5.71. The Bertz CT molecular complexity index is 839. The highest BCUT2D eigenvalue weighted by molar-refractivity contribution is 9.11. The SMILES string of the molecule is CC[C@H](C)c1ccc(OCC(=O)N/N=C/c2cc(Br)c(O)c(Br)c2O)cc1. The number of carbonyl (C=O) groups is 1. The van der Waals surface area contributed by atoms with E-state index in [-0.39, 0.29) is 22.6 Å². The number of ether oxygens (including phenoxy) is 1. The molecule has 1 atom stereocenters. The first kappa shape index (κ1) is 21.2. The number of hydrogen-bond acceptors (Lipinski definition) is 5. The zero-order valence-corrected chi connectivity index (χ0v) is 18.0. The van der Waals surface area contributed by atoms with Gasteiger partial charge in [0.05, 0.1) is 10.7 Å². The molecule has 8 heteroatoms. The lowest BCUT2D eigenvalue weighted by Crippen LogP contribution is -2.24. The fraction of sp³-hybridized carbons (Fsp3) is 0.263. The number of phenols is 2. The second-order valence-corrected chi connectivity index (χ2v) is 7.57. The van der Waals surface area contributed by atoms with Gasteiger partial charge in [0.2, 0.25) is 0 Å². The number of nitrogens with one attached hydrogen (secondary N) is 1. The van der Waals surface area contributed by atoms with Crippen molar-refractivity contribution >= 4 is 44.0 Å². The van der Waals surface area contributed by atoms with Gasteiger partial charge in [-0.15, -0.1) is 0 Å². The molecule has 2 aromatic carbocycles. The summed E-state index contributed by atoms with van der Waals surface area (Å²) in [6, 6.07) is 9.12. The minimum Gasteiger partial charge on any atom is -0.506 e. The van der Waals surface area contributed by atoms with Crippen molar-refractivity contribution in [3.05, 3.63) is 50.4 Å². The van der Waals surface area contributed by atoms with Crippen LogP contribution in [0, 0.1) is 0 Å². The number of rotatable bonds is 7. The van der Waals surface area contributed by atoms with Gasteiger partial charge in [-0.1, -0.05) is 26.0 Å². The normalized spacial score (nSPS) is 12.1. The predicted molar refractivity (Wildman–Crippen MR) is 112 cm³/mol. The zero-order chi connectivity index (χ0) is 20.0. The number of benzene rings is 2. The summed E-state index contributed by atoms with van der Waals surface area (Å²) in [5.41, 5.74) is 3.86. The molecule has 0 radical (unpaired) electrons. The molecule has 0 saturated heterocycles. The summed E-state index contributed by atoms with van der Waals surface area (Å²) >= 11 is 6.23. The first-order valence-electron chi connectivity index (χ1n) is 8.28. The van der Waals surface area contributed by atoms with E-state index in [2.05, 4.69) is 56.2 Å². The molecule has 0 aliphatic rings. The number of hydrazone groups is 1. The fourth-order valence-electron chi connectivity index (χ4n) is 2.20. The van der Waals surface area contributed by atoms with Crippen LogP contribution in [0.5, 0.6) is 17.2 Å². The average molecular weight is 500 g/mol. The summed E-state index contributed by atoms with van der Waals surface area (Å²) in [5, 5.41) is 23.4. The molecule has 2 aromatic rings. The number of aromatic hydroxyl groups is 2. The lowest BCUT2D eigenvalue weighted by Gasteiger charge is -2.10. The smallest absolute Gasteiger partial charge is 0.277 e. The van der Waals surface area contributed by atoms with E-state index in [0.717, 1.165) is 6.42 Å². The van der Waals surface area contributed by atoms with Crippen LogP contribution in [-0.4, -0.2) is 28.9 Å². The lowest BCUT2D eigenvalue weighted by atomic mass is 9.99. The Labute approximate surface area is 174 Å². The Kier molecular flexibility index (Phi) is 7.67. The first-order valence-corrected chi connectivity index (χ1v) is 9.86. The third-order valence-corrected chi connectivity index (χ3v) is 5.38. The molecule has 0 saturated carbocycles. The third-order valence-electron chi connectivity index (χ3n) is 4.02. The monoisotopic (exact) mass is 498 g/mol. The van der Waals surface area contributed by atoms with Gasteiger partial charge in [0, 0.05) is 5.56 Å².